The summed E-state index contributed by atoms with van der Waals surface area (Å²) in [5.74, 6) is 0.0132. The molecular formula is C16H16O3S. The van der Waals surface area contributed by atoms with Gasteiger partial charge >= 0.3 is 5.97 Å². The van der Waals surface area contributed by atoms with E-state index in [9.17, 15) is 9.00 Å². The summed E-state index contributed by atoms with van der Waals surface area (Å²) < 4.78 is 12.1. The Morgan fingerprint density at radius 2 is 1.70 bits per heavy atom. The lowest BCUT2D eigenvalue weighted by molar-refractivity contribution is 0.0697. The number of carbonyl (C=O) groups is 1. The molecule has 1 unspecified atom stereocenters. The van der Waals surface area contributed by atoms with Crippen molar-refractivity contribution in [3.63, 3.8) is 0 Å². The molecule has 0 saturated carbocycles. The van der Waals surface area contributed by atoms with Gasteiger partial charge in [-0.1, -0.05) is 36.4 Å². The van der Waals surface area contributed by atoms with Gasteiger partial charge in [-0.2, -0.15) is 0 Å². The number of hydrogen-bond acceptors (Lipinski definition) is 2. The predicted octanol–water partition coefficient (Wildman–Crippen LogP) is 3.14. The molecule has 3 nitrogen and oxygen atoms in total. The Labute approximate surface area is 120 Å². The van der Waals surface area contributed by atoms with E-state index in [-0.39, 0.29) is 5.56 Å². The second kappa shape index (κ2) is 6.48. The van der Waals surface area contributed by atoms with Crippen molar-refractivity contribution >= 4 is 16.8 Å². The van der Waals surface area contributed by atoms with Crippen molar-refractivity contribution in [3.05, 3.63) is 70.8 Å². The molecule has 1 N–H and O–H groups in total. The number of aryl methyl sites for hydroxylation is 1. The fraction of sp³-hybridized carbons (Fsp3) is 0.188. The Balaban J connectivity index is 2.01. The Kier molecular flexibility index (Phi) is 4.69. The normalized spacial score (nSPS) is 12.1. The number of carboxylic acid groups (broad SMARTS) is 1. The minimum atomic E-state index is -0.997. The molecule has 0 radical (unpaired) electrons. The van der Waals surface area contributed by atoms with Gasteiger partial charge in [0.25, 0.3) is 0 Å². The zero-order valence-corrected chi connectivity index (χ0v) is 12.0. The zero-order valence-electron chi connectivity index (χ0n) is 11.2. The highest BCUT2D eigenvalue weighted by molar-refractivity contribution is 7.83. The third-order valence-corrected chi connectivity index (χ3v) is 4.39. The van der Waals surface area contributed by atoms with Crippen LogP contribution in [0.1, 0.15) is 27.0 Å². The van der Waals surface area contributed by atoms with Crippen molar-refractivity contribution < 1.29 is 14.1 Å². The molecule has 20 heavy (non-hydrogen) atoms. The van der Waals surface area contributed by atoms with Crippen LogP contribution in [-0.2, 0) is 22.3 Å². The van der Waals surface area contributed by atoms with Crippen molar-refractivity contribution in [1.82, 2.24) is 0 Å². The summed E-state index contributed by atoms with van der Waals surface area (Å²) in [6.07, 6.45) is 0. The summed E-state index contributed by atoms with van der Waals surface area (Å²) >= 11 is 0. The summed E-state index contributed by atoms with van der Waals surface area (Å²) in [5, 5.41) is 8.82. The molecule has 0 heterocycles. The minimum Gasteiger partial charge on any atom is -0.478 e. The lowest BCUT2D eigenvalue weighted by atomic mass is 10.1. The van der Waals surface area contributed by atoms with E-state index in [1.165, 1.54) is 0 Å². The molecular weight excluding hydrogens is 272 g/mol. The van der Waals surface area contributed by atoms with E-state index in [1.807, 2.05) is 31.2 Å². The first kappa shape index (κ1) is 14.5. The van der Waals surface area contributed by atoms with Gasteiger partial charge < -0.3 is 5.11 Å². The fourth-order valence-electron chi connectivity index (χ4n) is 1.93. The maximum Gasteiger partial charge on any atom is 0.335 e. The van der Waals surface area contributed by atoms with Gasteiger partial charge in [-0.3, -0.25) is 4.21 Å². The number of hydrogen-bond donors (Lipinski definition) is 1. The van der Waals surface area contributed by atoms with Gasteiger partial charge in [0.05, 0.1) is 5.56 Å². The highest BCUT2D eigenvalue weighted by atomic mass is 32.2. The van der Waals surface area contributed by atoms with Gasteiger partial charge in [0, 0.05) is 22.3 Å². The molecule has 4 heteroatoms. The third-order valence-electron chi connectivity index (χ3n) is 3.11. The van der Waals surface area contributed by atoms with E-state index in [2.05, 4.69) is 0 Å². The second-order valence-electron chi connectivity index (χ2n) is 4.66. The topological polar surface area (TPSA) is 54.4 Å². The molecule has 1 atom stereocenters. The smallest absolute Gasteiger partial charge is 0.335 e. The predicted molar refractivity (Wildman–Crippen MR) is 80.1 cm³/mol. The van der Waals surface area contributed by atoms with E-state index >= 15 is 0 Å². The van der Waals surface area contributed by atoms with Crippen molar-refractivity contribution in [2.24, 2.45) is 0 Å². The summed E-state index contributed by atoms with van der Waals surface area (Å²) in [7, 11) is -0.997. The molecule has 104 valence electrons. The maximum atomic E-state index is 12.1. The van der Waals surface area contributed by atoms with Crippen LogP contribution in [0.15, 0.2) is 48.5 Å². The van der Waals surface area contributed by atoms with Crippen LogP contribution in [0, 0.1) is 6.92 Å². The minimum absolute atomic E-state index is 0.249. The van der Waals surface area contributed by atoms with Crippen LogP contribution < -0.4 is 0 Å². The Bertz CT molecular complexity index is 632. The molecule has 0 fully saturated rings. The first-order valence-corrected chi connectivity index (χ1v) is 7.77. The molecule has 0 spiro atoms. The third kappa shape index (κ3) is 3.78. The number of aromatic carboxylic acids is 1. The van der Waals surface area contributed by atoms with E-state index < -0.39 is 16.8 Å². The van der Waals surface area contributed by atoms with Crippen LogP contribution in [0.25, 0.3) is 0 Å². The lowest BCUT2D eigenvalue weighted by Crippen LogP contribution is -2.02. The molecule has 0 aliphatic heterocycles. The zero-order chi connectivity index (χ0) is 14.5. The van der Waals surface area contributed by atoms with Crippen LogP contribution in [0.3, 0.4) is 0 Å². The summed E-state index contributed by atoms with van der Waals surface area (Å²) in [5.41, 5.74) is 3.37. The van der Waals surface area contributed by atoms with E-state index in [1.54, 1.807) is 24.3 Å². The lowest BCUT2D eigenvalue weighted by Gasteiger charge is -2.06. The van der Waals surface area contributed by atoms with E-state index in [0.29, 0.717) is 11.5 Å². The van der Waals surface area contributed by atoms with Crippen LogP contribution in [-0.4, -0.2) is 15.3 Å². The van der Waals surface area contributed by atoms with Gasteiger partial charge in [0.2, 0.25) is 0 Å². The molecule has 0 aliphatic carbocycles. The highest BCUT2D eigenvalue weighted by Crippen LogP contribution is 2.13. The molecule has 2 aromatic carbocycles. The standard InChI is InChI=1S/C16H16O3S/c1-12-4-2-3-5-15(12)11-20(19)10-13-6-8-14(9-7-13)16(17)18/h2-9H,10-11H2,1H3,(H,17,18). The van der Waals surface area contributed by atoms with Crippen LogP contribution in [0.5, 0.6) is 0 Å². The number of benzene rings is 2. The van der Waals surface area contributed by atoms with Crippen molar-refractivity contribution in [2.75, 3.05) is 0 Å². The first-order chi connectivity index (χ1) is 9.56. The highest BCUT2D eigenvalue weighted by Gasteiger charge is 2.07. The molecule has 2 rings (SSSR count). The molecule has 0 amide bonds. The number of carboxylic acids is 1. The SMILES string of the molecule is Cc1ccccc1CS(=O)Cc1ccc(C(=O)O)cc1. The van der Waals surface area contributed by atoms with Crippen LogP contribution >= 0.6 is 0 Å². The second-order valence-corrected chi connectivity index (χ2v) is 6.11. The van der Waals surface area contributed by atoms with Crippen LogP contribution in [0.4, 0.5) is 0 Å². The average Bonchev–Trinajstić information content (AvgIpc) is 2.42. The molecule has 0 aliphatic rings. The molecule has 2 aromatic rings. The Hall–Kier alpha value is -1.94. The van der Waals surface area contributed by atoms with Gasteiger partial charge in [0.1, 0.15) is 0 Å². The Morgan fingerprint density at radius 3 is 2.30 bits per heavy atom. The van der Waals surface area contributed by atoms with E-state index in [0.717, 1.165) is 16.7 Å². The molecule has 0 saturated heterocycles. The van der Waals surface area contributed by atoms with Crippen molar-refractivity contribution in [2.45, 2.75) is 18.4 Å². The quantitative estimate of drug-likeness (QED) is 0.919. The Morgan fingerprint density at radius 1 is 1.05 bits per heavy atom. The van der Waals surface area contributed by atoms with Crippen LogP contribution in [0.2, 0.25) is 0 Å². The monoisotopic (exact) mass is 288 g/mol. The van der Waals surface area contributed by atoms with Gasteiger partial charge in [0.15, 0.2) is 0 Å². The first-order valence-electron chi connectivity index (χ1n) is 6.28. The van der Waals surface area contributed by atoms with Gasteiger partial charge in [-0.15, -0.1) is 0 Å². The summed E-state index contributed by atoms with van der Waals surface area (Å²) in [6.45, 7) is 2.01. The number of rotatable bonds is 5. The average molecular weight is 288 g/mol. The summed E-state index contributed by atoms with van der Waals surface area (Å²) in [6, 6.07) is 14.4. The fourth-order valence-corrected chi connectivity index (χ4v) is 3.26. The summed E-state index contributed by atoms with van der Waals surface area (Å²) in [4.78, 5) is 10.8. The van der Waals surface area contributed by atoms with Gasteiger partial charge in [-0.25, -0.2) is 4.79 Å². The van der Waals surface area contributed by atoms with Crippen molar-refractivity contribution in [3.8, 4) is 0 Å². The maximum absolute atomic E-state index is 12.1. The van der Waals surface area contributed by atoms with Crippen molar-refractivity contribution in [1.29, 1.82) is 0 Å². The van der Waals surface area contributed by atoms with E-state index in [4.69, 9.17) is 5.11 Å². The van der Waals surface area contributed by atoms with Gasteiger partial charge in [-0.05, 0) is 35.7 Å². The largest absolute Gasteiger partial charge is 0.478 e. The molecule has 0 bridgehead atoms. The molecule has 0 aromatic heterocycles.